The SMILES string of the molecule is CC1=CC(C)(C)c2cc3c(cc21)-c1cc2c(cc1[CH]3[Zr+2]([C]1=CC=CC1)=[C](c1ccc(F)cc1)c1ccc(F)cc1)C(C)(C)C=C2C.[Cl-].[Cl-]. The molecule has 5 heteroatoms. The summed E-state index contributed by atoms with van der Waals surface area (Å²) in [6.07, 6.45) is 12.6. The molecule has 4 aromatic carbocycles. The van der Waals surface area contributed by atoms with E-state index in [1.54, 1.807) is 24.3 Å². The van der Waals surface area contributed by atoms with E-state index < -0.39 is 21.3 Å². The van der Waals surface area contributed by atoms with Crippen LogP contribution >= 0.6 is 0 Å². The van der Waals surface area contributed by atoms with Gasteiger partial charge in [-0.2, -0.15) is 0 Å². The quantitative estimate of drug-likeness (QED) is 0.270. The number of allylic oxidation sites excluding steroid dienone is 8. The Kier molecular flexibility index (Phi) is 9.02. The van der Waals surface area contributed by atoms with Crippen molar-refractivity contribution < 1.29 is 54.9 Å². The van der Waals surface area contributed by atoms with Gasteiger partial charge in [-0.3, -0.25) is 0 Å². The minimum atomic E-state index is -3.02. The van der Waals surface area contributed by atoms with Crippen molar-refractivity contribution in [3.8, 4) is 11.1 Å². The Morgan fingerprint density at radius 1 is 0.646 bits per heavy atom. The molecule has 48 heavy (non-hydrogen) atoms. The van der Waals surface area contributed by atoms with Crippen LogP contribution in [-0.4, -0.2) is 3.21 Å². The van der Waals surface area contributed by atoms with E-state index >= 15 is 0 Å². The summed E-state index contributed by atoms with van der Waals surface area (Å²) in [7, 11) is 0. The summed E-state index contributed by atoms with van der Waals surface area (Å²) in [6.45, 7) is 13.8. The first-order valence-corrected chi connectivity index (χ1v) is 20.2. The van der Waals surface area contributed by atoms with Crippen molar-refractivity contribution >= 4 is 14.4 Å². The molecular formula is C43H38Cl2F2Zr. The zero-order valence-electron chi connectivity index (χ0n) is 28.1. The molecule has 4 aromatic rings. The average molecular weight is 755 g/mol. The largest absolute Gasteiger partial charge is 1.00 e. The van der Waals surface area contributed by atoms with Crippen LogP contribution in [0.4, 0.5) is 8.78 Å². The van der Waals surface area contributed by atoms with Gasteiger partial charge in [0.2, 0.25) is 0 Å². The third-order valence-corrected chi connectivity index (χ3v) is 18.9. The standard InChI is InChI=1S/C25H25.C13H8F2.C5H5.2ClH.Zr/c1-14-12-24(3,4)22-8-16-7-17-9-23-19(15(2)13-25(23,5)6)11-21(17)20(16)10-18(14)22;14-12-5-1-10(2-6-12)9-11-3-7-13(15)8-4-11;1-2-4-5-3-1;;;/h7-13H,1-6H3;1-8H;1-3H,4H2;2*1H;/q;;;;;+2/p-2. The first kappa shape index (κ1) is 34.9. The maximum absolute atomic E-state index is 14.4. The van der Waals surface area contributed by atoms with Gasteiger partial charge in [0.1, 0.15) is 0 Å². The van der Waals surface area contributed by atoms with Gasteiger partial charge in [-0.05, 0) is 0 Å². The summed E-state index contributed by atoms with van der Waals surface area (Å²) in [5.74, 6) is -0.487. The van der Waals surface area contributed by atoms with E-state index in [1.807, 2.05) is 24.3 Å². The number of halogens is 4. The first-order valence-electron chi connectivity index (χ1n) is 16.3. The van der Waals surface area contributed by atoms with E-state index in [2.05, 4.69) is 96.2 Å². The van der Waals surface area contributed by atoms with E-state index in [-0.39, 0.29) is 50.9 Å². The molecular weight excluding hydrogens is 717 g/mol. The summed E-state index contributed by atoms with van der Waals surface area (Å²) in [6, 6.07) is 24.1. The van der Waals surface area contributed by atoms with Crippen molar-refractivity contribution in [2.45, 2.75) is 62.4 Å². The second kappa shape index (κ2) is 12.4. The minimum absolute atomic E-state index is 0. The molecule has 0 heterocycles. The molecule has 0 atom stereocenters. The fourth-order valence-corrected chi connectivity index (χ4v) is 17.6. The second-order valence-electron chi connectivity index (χ2n) is 14.6. The monoisotopic (exact) mass is 752 g/mol. The molecule has 0 fully saturated rings. The van der Waals surface area contributed by atoms with Gasteiger partial charge in [0.25, 0.3) is 0 Å². The van der Waals surface area contributed by atoms with Crippen molar-refractivity contribution in [2.24, 2.45) is 0 Å². The molecule has 0 unspecified atom stereocenters. The summed E-state index contributed by atoms with van der Waals surface area (Å²) in [4.78, 5) is 0. The molecule has 0 aliphatic heterocycles. The normalized spacial score (nSPS) is 17.1. The molecule has 242 valence electrons. The Morgan fingerprint density at radius 3 is 1.48 bits per heavy atom. The van der Waals surface area contributed by atoms with E-state index in [4.69, 9.17) is 0 Å². The fraction of sp³-hybridized carbons (Fsp3) is 0.233. The van der Waals surface area contributed by atoms with Crippen LogP contribution in [0.2, 0.25) is 0 Å². The third-order valence-electron chi connectivity index (χ3n) is 10.6. The molecule has 8 rings (SSSR count). The summed E-state index contributed by atoms with van der Waals surface area (Å²) < 4.78 is 31.8. The number of rotatable bonds is 4. The van der Waals surface area contributed by atoms with Crippen molar-refractivity contribution in [2.75, 3.05) is 0 Å². The summed E-state index contributed by atoms with van der Waals surface area (Å²) in [5.41, 5.74) is 15.8. The van der Waals surface area contributed by atoms with Gasteiger partial charge in [-0.1, -0.05) is 0 Å². The van der Waals surface area contributed by atoms with Gasteiger partial charge in [-0.15, -0.1) is 0 Å². The van der Waals surface area contributed by atoms with E-state index in [1.165, 1.54) is 62.1 Å². The van der Waals surface area contributed by atoms with Crippen LogP contribution in [0.3, 0.4) is 0 Å². The fourth-order valence-electron chi connectivity index (χ4n) is 8.62. The summed E-state index contributed by atoms with van der Waals surface area (Å²) >= 11 is -3.02. The predicted octanol–water partition coefficient (Wildman–Crippen LogP) is 5.16. The third kappa shape index (κ3) is 5.46. The van der Waals surface area contributed by atoms with Crippen molar-refractivity contribution in [3.05, 3.63) is 163 Å². The second-order valence-corrected chi connectivity index (χ2v) is 20.9. The molecule has 0 N–H and O–H groups in total. The number of fused-ring (bicyclic) bond motifs is 5. The Morgan fingerprint density at radius 2 is 1.08 bits per heavy atom. The van der Waals surface area contributed by atoms with Crippen LogP contribution in [0.25, 0.3) is 22.3 Å². The van der Waals surface area contributed by atoms with Crippen LogP contribution in [0.15, 0.2) is 106 Å². The smallest absolute Gasteiger partial charge is 1.00 e. The van der Waals surface area contributed by atoms with Gasteiger partial charge in [-0.25, -0.2) is 0 Å². The topological polar surface area (TPSA) is 0 Å². The Balaban J connectivity index is 0.00000201. The van der Waals surface area contributed by atoms with Crippen LogP contribution in [0.5, 0.6) is 0 Å². The average Bonchev–Trinajstić information content (AvgIpc) is 3.75. The number of hydrogen-bond donors (Lipinski definition) is 0. The van der Waals surface area contributed by atoms with Gasteiger partial charge in [0, 0.05) is 0 Å². The molecule has 0 radical (unpaired) electrons. The maximum atomic E-state index is 14.4. The molecule has 4 aliphatic rings. The maximum Gasteiger partial charge on any atom is -1.00 e. The van der Waals surface area contributed by atoms with Crippen molar-refractivity contribution in [1.82, 2.24) is 0 Å². The predicted molar refractivity (Wildman–Crippen MR) is 185 cm³/mol. The molecule has 0 saturated carbocycles. The molecule has 0 spiro atoms. The van der Waals surface area contributed by atoms with Gasteiger partial charge in [0.15, 0.2) is 0 Å². The molecule has 0 amide bonds. The molecule has 0 aromatic heterocycles. The van der Waals surface area contributed by atoms with Gasteiger partial charge in [0.05, 0.1) is 0 Å². The zero-order valence-corrected chi connectivity index (χ0v) is 32.1. The van der Waals surface area contributed by atoms with Crippen LogP contribution in [-0.2, 0) is 32.1 Å². The molecule has 0 bridgehead atoms. The van der Waals surface area contributed by atoms with Gasteiger partial charge < -0.3 is 24.8 Å². The first-order chi connectivity index (χ1) is 21.9. The Labute approximate surface area is 303 Å². The minimum Gasteiger partial charge on any atom is -1.00 e. The molecule has 0 nitrogen and oxygen atoms in total. The van der Waals surface area contributed by atoms with Gasteiger partial charge >= 0.3 is 281 Å². The Hall–Kier alpha value is -2.97. The van der Waals surface area contributed by atoms with E-state index in [0.717, 1.165) is 17.5 Å². The van der Waals surface area contributed by atoms with Crippen LogP contribution < -0.4 is 24.8 Å². The molecule has 4 aliphatic carbocycles. The number of benzene rings is 4. The molecule has 0 saturated heterocycles. The van der Waals surface area contributed by atoms with Crippen LogP contribution in [0.1, 0.15) is 96.1 Å². The van der Waals surface area contributed by atoms with Crippen molar-refractivity contribution in [3.63, 3.8) is 0 Å². The van der Waals surface area contributed by atoms with Crippen LogP contribution in [0, 0.1) is 11.6 Å². The summed E-state index contributed by atoms with van der Waals surface area (Å²) in [5, 5.41) is 0. The van der Waals surface area contributed by atoms with Crippen molar-refractivity contribution in [1.29, 1.82) is 0 Å². The zero-order chi connectivity index (χ0) is 32.1. The van der Waals surface area contributed by atoms with E-state index in [0.29, 0.717) is 0 Å². The Bertz CT molecular complexity index is 2010. The van der Waals surface area contributed by atoms with E-state index in [9.17, 15) is 8.78 Å². The number of hydrogen-bond acceptors (Lipinski definition) is 0.